The van der Waals surface area contributed by atoms with E-state index in [2.05, 4.69) is 11.4 Å². The van der Waals surface area contributed by atoms with Crippen LogP contribution in [0.3, 0.4) is 0 Å². The molecule has 7 heteroatoms. The normalized spacial score (nSPS) is 22.9. The second-order valence-electron chi connectivity index (χ2n) is 4.92. The summed E-state index contributed by atoms with van der Waals surface area (Å²) in [5.41, 5.74) is 0. The summed E-state index contributed by atoms with van der Waals surface area (Å²) in [6, 6.07) is 1.84. The Morgan fingerprint density at radius 1 is 1.55 bits per heavy atom. The topological polar surface area (TPSA) is 103 Å². The minimum absolute atomic E-state index is 0.222. The van der Waals surface area contributed by atoms with Crippen LogP contribution in [0, 0.1) is 17.2 Å². The van der Waals surface area contributed by atoms with E-state index < -0.39 is 12.1 Å². The molecule has 0 aromatic rings. The third-order valence-electron chi connectivity index (χ3n) is 3.25. The fourth-order valence-corrected chi connectivity index (χ4v) is 2.08. The standard InChI is InChI=1S/C13H21N3O4/c1-3-16(8-9(2)6-14)13(19)15-7-10-4-5-11(20-10)12(17)18/h9-11H,3-5,7-8H2,1-2H3,(H,15,19)(H,17,18). The SMILES string of the molecule is CCN(CC(C)C#N)C(=O)NCC1CCC(C(=O)O)O1. The fraction of sp³-hybridized carbons (Fsp3) is 0.769. The van der Waals surface area contributed by atoms with Crippen molar-refractivity contribution < 1.29 is 19.4 Å². The van der Waals surface area contributed by atoms with Crippen LogP contribution in [0.2, 0.25) is 0 Å². The lowest BCUT2D eigenvalue weighted by Gasteiger charge is -2.23. The first kappa shape index (κ1) is 16.2. The second kappa shape index (κ2) is 7.70. The Kier molecular flexibility index (Phi) is 6.25. The van der Waals surface area contributed by atoms with Crippen molar-refractivity contribution in [3.05, 3.63) is 0 Å². The van der Waals surface area contributed by atoms with Gasteiger partial charge in [-0.05, 0) is 26.7 Å². The summed E-state index contributed by atoms with van der Waals surface area (Å²) in [5, 5.41) is 20.3. The Morgan fingerprint density at radius 3 is 2.75 bits per heavy atom. The highest BCUT2D eigenvalue weighted by Crippen LogP contribution is 2.19. The fourth-order valence-electron chi connectivity index (χ4n) is 2.08. The smallest absolute Gasteiger partial charge is 0.332 e. The van der Waals surface area contributed by atoms with Crippen LogP contribution in [0.15, 0.2) is 0 Å². The highest BCUT2D eigenvalue weighted by atomic mass is 16.5. The maximum Gasteiger partial charge on any atom is 0.332 e. The van der Waals surface area contributed by atoms with E-state index in [-0.39, 0.29) is 18.1 Å². The van der Waals surface area contributed by atoms with E-state index in [1.165, 1.54) is 0 Å². The minimum Gasteiger partial charge on any atom is -0.479 e. The number of carboxylic acids is 1. The van der Waals surface area contributed by atoms with Crippen molar-refractivity contribution in [2.75, 3.05) is 19.6 Å². The maximum absolute atomic E-state index is 11.9. The number of hydrogen-bond acceptors (Lipinski definition) is 4. The predicted molar refractivity (Wildman–Crippen MR) is 71.0 cm³/mol. The number of nitrogens with one attached hydrogen (secondary N) is 1. The molecule has 1 aliphatic rings. The molecule has 7 nitrogen and oxygen atoms in total. The largest absolute Gasteiger partial charge is 0.479 e. The van der Waals surface area contributed by atoms with Crippen LogP contribution in [-0.4, -0.2) is 53.8 Å². The minimum atomic E-state index is -0.961. The summed E-state index contributed by atoms with van der Waals surface area (Å²) in [7, 11) is 0. The highest BCUT2D eigenvalue weighted by Gasteiger charge is 2.30. The van der Waals surface area contributed by atoms with Gasteiger partial charge in [-0.1, -0.05) is 0 Å². The van der Waals surface area contributed by atoms with Crippen molar-refractivity contribution in [3.8, 4) is 6.07 Å². The Labute approximate surface area is 118 Å². The third kappa shape index (κ3) is 4.70. The Morgan fingerprint density at radius 2 is 2.25 bits per heavy atom. The first-order chi connectivity index (χ1) is 9.47. The van der Waals surface area contributed by atoms with E-state index >= 15 is 0 Å². The van der Waals surface area contributed by atoms with E-state index in [0.29, 0.717) is 32.5 Å². The summed E-state index contributed by atoms with van der Waals surface area (Å²) in [5.74, 6) is -1.18. The molecule has 0 aliphatic carbocycles. The number of carbonyl (C=O) groups excluding carboxylic acids is 1. The summed E-state index contributed by atoms with van der Waals surface area (Å²) in [4.78, 5) is 24.2. The molecule has 112 valence electrons. The van der Waals surface area contributed by atoms with E-state index in [1.54, 1.807) is 11.8 Å². The molecule has 0 aromatic carbocycles. The molecule has 0 aromatic heterocycles. The van der Waals surface area contributed by atoms with Gasteiger partial charge in [0.05, 0.1) is 18.1 Å². The molecular weight excluding hydrogens is 262 g/mol. The van der Waals surface area contributed by atoms with Gasteiger partial charge in [0, 0.05) is 19.6 Å². The van der Waals surface area contributed by atoms with Crippen LogP contribution in [0.1, 0.15) is 26.7 Å². The molecular formula is C13H21N3O4. The molecule has 0 radical (unpaired) electrons. The van der Waals surface area contributed by atoms with Crippen LogP contribution in [0.5, 0.6) is 0 Å². The molecule has 1 heterocycles. The van der Waals surface area contributed by atoms with Crippen LogP contribution in [0.4, 0.5) is 4.79 Å². The van der Waals surface area contributed by atoms with Crippen molar-refractivity contribution in [3.63, 3.8) is 0 Å². The summed E-state index contributed by atoms with van der Waals surface area (Å²) in [6.07, 6.45) is 0.0708. The van der Waals surface area contributed by atoms with Crippen LogP contribution < -0.4 is 5.32 Å². The van der Waals surface area contributed by atoms with Gasteiger partial charge in [-0.3, -0.25) is 0 Å². The van der Waals surface area contributed by atoms with E-state index in [1.807, 2.05) is 6.92 Å². The van der Waals surface area contributed by atoms with Gasteiger partial charge in [0.2, 0.25) is 0 Å². The molecule has 1 saturated heterocycles. The van der Waals surface area contributed by atoms with Crippen molar-refractivity contribution in [1.82, 2.24) is 10.2 Å². The van der Waals surface area contributed by atoms with Crippen LogP contribution in [-0.2, 0) is 9.53 Å². The van der Waals surface area contributed by atoms with E-state index in [0.717, 1.165) is 0 Å². The Bertz CT molecular complexity index is 394. The number of nitrogens with zero attached hydrogens (tertiary/aromatic N) is 2. The molecule has 1 rings (SSSR count). The van der Waals surface area contributed by atoms with Crippen molar-refractivity contribution >= 4 is 12.0 Å². The zero-order chi connectivity index (χ0) is 15.1. The van der Waals surface area contributed by atoms with Crippen molar-refractivity contribution in [2.24, 2.45) is 5.92 Å². The molecule has 0 spiro atoms. The number of aliphatic carboxylic acids is 1. The van der Waals surface area contributed by atoms with Gasteiger partial charge in [-0.2, -0.15) is 5.26 Å². The van der Waals surface area contributed by atoms with Crippen LogP contribution >= 0.6 is 0 Å². The molecule has 3 atom stereocenters. The first-order valence-corrected chi connectivity index (χ1v) is 6.78. The van der Waals surface area contributed by atoms with Gasteiger partial charge in [0.15, 0.2) is 6.10 Å². The highest BCUT2D eigenvalue weighted by molar-refractivity contribution is 5.74. The Balaban J connectivity index is 2.35. The summed E-state index contributed by atoms with van der Waals surface area (Å²) in [6.45, 7) is 4.78. The zero-order valence-electron chi connectivity index (χ0n) is 11.8. The molecule has 3 unspecified atom stereocenters. The number of carbonyl (C=O) groups is 2. The van der Waals surface area contributed by atoms with Crippen molar-refractivity contribution in [2.45, 2.75) is 38.9 Å². The van der Waals surface area contributed by atoms with Crippen LogP contribution in [0.25, 0.3) is 0 Å². The number of amides is 2. The molecule has 2 amide bonds. The maximum atomic E-state index is 11.9. The zero-order valence-corrected chi connectivity index (χ0v) is 11.8. The van der Waals surface area contributed by atoms with Gasteiger partial charge in [0.25, 0.3) is 0 Å². The molecule has 0 saturated carbocycles. The average molecular weight is 283 g/mol. The van der Waals surface area contributed by atoms with E-state index in [4.69, 9.17) is 15.1 Å². The number of urea groups is 1. The summed E-state index contributed by atoms with van der Waals surface area (Å²) >= 11 is 0. The molecule has 1 aliphatic heterocycles. The van der Waals surface area contributed by atoms with Gasteiger partial charge < -0.3 is 20.1 Å². The monoisotopic (exact) mass is 283 g/mol. The number of hydrogen-bond donors (Lipinski definition) is 2. The summed E-state index contributed by atoms with van der Waals surface area (Å²) < 4.78 is 5.30. The lowest BCUT2D eigenvalue weighted by Crippen LogP contribution is -2.44. The second-order valence-corrected chi connectivity index (χ2v) is 4.92. The van der Waals surface area contributed by atoms with E-state index in [9.17, 15) is 9.59 Å². The molecule has 1 fully saturated rings. The number of rotatable bonds is 6. The van der Waals surface area contributed by atoms with Gasteiger partial charge in [0.1, 0.15) is 0 Å². The Hall–Kier alpha value is -1.81. The predicted octanol–water partition coefficient (Wildman–Crippen LogP) is 0.810. The molecule has 0 bridgehead atoms. The van der Waals surface area contributed by atoms with Gasteiger partial charge >= 0.3 is 12.0 Å². The lowest BCUT2D eigenvalue weighted by molar-refractivity contribution is -0.149. The first-order valence-electron chi connectivity index (χ1n) is 6.78. The average Bonchev–Trinajstić information content (AvgIpc) is 2.90. The quantitative estimate of drug-likeness (QED) is 0.751. The molecule has 2 N–H and O–H groups in total. The number of carboxylic acid groups (broad SMARTS) is 1. The lowest BCUT2D eigenvalue weighted by atomic mass is 10.2. The third-order valence-corrected chi connectivity index (χ3v) is 3.25. The van der Waals surface area contributed by atoms with Gasteiger partial charge in [-0.25, -0.2) is 9.59 Å². The van der Waals surface area contributed by atoms with Gasteiger partial charge in [-0.15, -0.1) is 0 Å². The molecule has 20 heavy (non-hydrogen) atoms. The number of nitriles is 1. The van der Waals surface area contributed by atoms with Crippen molar-refractivity contribution in [1.29, 1.82) is 5.26 Å². The number of ether oxygens (including phenoxy) is 1.